The summed E-state index contributed by atoms with van der Waals surface area (Å²) in [7, 11) is 0. The van der Waals surface area contributed by atoms with E-state index >= 15 is 0 Å². The molecule has 2 aromatic heterocycles. The number of anilines is 1. The van der Waals surface area contributed by atoms with E-state index in [4.69, 9.17) is 4.74 Å². The molecule has 0 spiro atoms. The molecule has 1 atom stereocenters. The molecule has 7 nitrogen and oxygen atoms in total. The largest absolute Gasteiger partial charge is 0.481 e. The van der Waals surface area contributed by atoms with Crippen LogP contribution in [0.2, 0.25) is 0 Å². The number of carbonyl (C=O) groups excluding carboxylic acids is 1. The standard InChI is InChI=1S/C20H18FN5O2S/c1-3-16(28-14-7-5-4-6-8-14)18(27)22-19-25-26-17(23-24-20(26)29-19)13-10-9-12(2)15(21)11-13/h4-11,16H,3H2,1-2H3,(H,22,25,27)/t16-/m1/s1. The Morgan fingerprint density at radius 1 is 1.24 bits per heavy atom. The summed E-state index contributed by atoms with van der Waals surface area (Å²) in [4.78, 5) is 13.1. The third-order valence-electron chi connectivity index (χ3n) is 4.34. The van der Waals surface area contributed by atoms with E-state index in [0.29, 0.717) is 39.2 Å². The number of ether oxygens (including phenoxy) is 1. The number of aromatic nitrogens is 4. The third-order valence-corrected chi connectivity index (χ3v) is 5.15. The summed E-state index contributed by atoms with van der Waals surface area (Å²) in [6.45, 7) is 3.56. The van der Waals surface area contributed by atoms with Crippen molar-refractivity contribution in [1.82, 2.24) is 19.8 Å². The van der Waals surface area contributed by atoms with Crippen molar-refractivity contribution in [2.75, 3.05) is 5.32 Å². The number of aryl methyl sites for hydroxylation is 1. The van der Waals surface area contributed by atoms with E-state index in [1.807, 2.05) is 25.1 Å². The van der Waals surface area contributed by atoms with E-state index < -0.39 is 6.10 Å². The molecule has 0 radical (unpaired) electrons. The Bertz CT molecular complexity index is 1160. The van der Waals surface area contributed by atoms with Crippen LogP contribution in [0.15, 0.2) is 48.5 Å². The molecule has 4 rings (SSSR count). The van der Waals surface area contributed by atoms with Gasteiger partial charge in [0.1, 0.15) is 11.6 Å². The molecule has 0 aliphatic rings. The molecule has 9 heteroatoms. The zero-order chi connectivity index (χ0) is 20.4. The van der Waals surface area contributed by atoms with E-state index in [9.17, 15) is 9.18 Å². The summed E-state index contributed by atoms with van der Waals surface area (Å²) >= 11 is 1.18. The number of para-hydroxylation sites is 1. The molecule has 0 aliphatic carbocycles. The van der Waals surface area contributed by atoms with E-state index in [0.717, 1.165) is 0 Å². The topological polar surface area (TPSA) is 81.4 Å². The number of rotatable bonds is 6. The molecule has 0 fully saturated rings. The summed E-state index contributed by atoms with van der Waals surface area (Å²) in [6, 6.07) is 14.0. The van der Waals surface area contributed by atoms with E-state index in [1.165, 1.54) is 21.9 Å². The summed E-state index contributed by atoms with van der Waals surface area (Å²) in [5.74, 6) is 0.399. The first-order valence-corrected chi connectivity index (χ1v) is 9.88. The number of nitrogens with one attached hydrogen (secondary N) is 1. The van der Waals surface area contributed by atoms with Gasteiger partial charge in [-0.15, -0.1) is 15.3 Å². The van der Waals surface area contributed by atoms with Gasteiger partial charge in [-0.05, 0) is 37.1 Å². The lowest BCUT2D eigenvalue weighted by molar-refractivity contribution is -0.122. The van der Waals surface area contributed by atoms with Crippen LogP contribution in [0, 0.1) is 12.7 Å². The van der Waals surface area contributed by atoms with Crippen LogP contribution in [-0.2, 0) is 4.79 Å². The fourth-order valence-corrected chi connectivity index (χ4v) is 3.49. The highest BCUT2D eigenvalue weighted by atomic mass is 32.1. The van der Waals surface area contributed by atoms with Crippen LogP contribution < -0.4 is 10.1 Å². The lowest BCUT2D eigenvalue weighted by Crippen LogP contribution is -2.32. The van der Waals surface area contributed by atoms with E-state index in [2.05, 4.69) is 20.6 Å². The van der Waals surface area contributed by atoms with Gasteiger partial charge >= 0.3 is 0 Å². The number of amides is 1. The molecule has 1 amide bonds. The average Bonchev–Trinajstić information content (AvgIpc) is 3.29. The molecule has 29 heavy (non-hydrogen) atoms. The quantitative estimate of drug-likeness (QED) is 0.517. The zero-order valence-corrected chi connectivity index (χ0v) is 16.6. The van der Waals surface area contributed by atoms with E-state index in [1.54, 1.807) is 31.2 Å². The molecule has 2 aromatic carbocycles. The Hall–Kier alpha value is -3.33. The molecular formula is C20H18FN5O2S. The van der Waals surface area contributed by atoms with Crippen molar-refractivity contribution in [1.29, 1.82) is 0 Å². The SMILES string of the molecule is CC[C@@H](Oc1ccccc1)C(=O)Nc1nn2c(-c3ccc(C)c(F)c3)nnc2s1. The minimum atomic E-state index is -0.655. The van der Waals surface area contributed by atoms with Gasteiger partial charge in [-0.3, -0.25) is 10.1 Å². The maximum atomic E-state index is 13.9. The molecule has 148 valence electrons. The van der Waals surface area contributed by atoms with Gasteiger partial charge in [-0.1, -0.05) is 48.6 Å². The highest BCUT2D eigenvalue weighted by Crippen LogP contribution is 2.25. The van der Waals surface area contributed by atoms with Crippen LogP contribution in [-0.4, -0.2) is 31.8 Å². The number of benzene rings is 2. The highest BCUT2D eigenvalue weighted by Gasteiger charge is 2.21. The number of halogens is 1. The Labute approximate surface area is 170 Å². The van der Waals surface area contributed by atoms with Gasteiger partial charge in [0.15, 0.2) is 11.9 Å². The second-order valence-corrected chi connectivity index (χ2v) is 7.36. The highest BCUT2D eigenvalue weighted by molar-refractivity contribution is 7.20. The van der Waals surface area contributed by atoms with Crippen molar-refractivity contribution < 1.29 is 13.9 Å². The predicted molar refractivity (Wildman–Crippen MR) is 109 cm³/mol. The third kappa shape index (κ3) is 3.95. The number of hydrogen-bond acceptors (Lipinski definition) is 6. The maximum Gasteiger partial charge on any atom is 0.267 e. The van der Waals surface area contributed by atoms with Gasteiger partial charge in [0.05, 0.1) is 0 Å². The van der Waals surface area contributed by atoms with Crippen molar-refractivity contribution in [2.24, 2.45) is 0 Å². The minimum Gasteiger partial charge on any atom is -0.481 e. The minimum absolute atomic E-state index is 0.302. The number of nitrogens with zero attached hydrogens (tertiary/aromatic N) is 4. The molecule has 1 N–H and O–H groups in total. The lowest BCUT2D eigenvalue weighted by Gasteiger charge is -2.16. The molecule has 4 aromatic rings. The lowest BCUT2D eigenvalue weighted by atomic mass is 10.1. The predicted octanol–water partition coefficient (Wildman–Crippen LogP) is 4.10. The monoisotopic (exact) mass is 411 g/mol. The van der Waals surface area contributed by atoms with E-state index in [-0.39, 0.29) is 11.7 Å². The Morgan fingerprint density at radius 3 is 2.76 bits per heavy atom. The first kappa shape index (κ1) is 19.0. The summed E-state index contributed by atoms with van der Waals surface area (Å²) < 4.78 is 21.2. The summed E-state index contributed by atoms with van der Waals surface area (Å²) in [5, 5.41) is 15.7. The molecule has 0 saturated heterocycles. The number of fused-ring (bicyclic) bond motifs is 1. The van der Waals surface area contributed by atoms with Gasteiger partial charge in [0, 0.05) is 5.56 Å². The first-order valence-electron chi connectivity index (χ1n) is 9.06. The molecular weight excluding hydrogens is 393 g/mol. The van der Waals surface area contributed by atoms with Crippen molar-refractivity contribution in [3.05, 3.63) is 59.9 Å². The smallest absolute Gasteiger partial charge is 0.267 e. The second kappa shape index (κ2) is 7.96. The van der Waals surface area contributed by atoms with Crippen LogP contribution in [0.25, 0.3) is 16.3 Å². The van der Waals surface area contributed by atoms with Crippen LogP contribution in [0.5, 0.6) is 5.75 Å². The van der Waals surface area contributed by atoms with Gasteiger partial charge < -0.3 is 4.74 Å². The van der Waals surface area contributed by atoms with Crippen molar-refractivity contribution >= 4 is 27.3 Å². The fourth-order valence-electron chi connectivity index (χ4n) is 2.75. The van der Waals surface area contributed by atoms with Crippen molar-refractivity contribution in [3.63, 3.8) is 0 Å². The normalized spacial score (nSPS) is 12.1. The van der Waals surface area contributed by atoms with Crippen molar-refractivity contribution in [3.8, 4) is 17.1 Å². The molecule has 2 heterocycles. The first-order chi connectivity index (χ1) is 14.0. The number of hydrogen-bond donors (Lipinski definition) is 1. The van der Waals surface area contributed by atoms with Gasteiger partial charge in [-0.2, -0.15) is 4.52 Å². The van der Waals surface area contributed by atoms with Crippen LogP contribution in [0.3, 0.4) is 0 Å². The van der Waals surface area contributed by atoms with Gasteiger partial charge in [-0.25, -0.2) is 4.39 Å². The average molecular weight is 411 g/mol. The van der Waals surface area contributed by atoms with Gasteiger partial charge in [0.25, 0.3) is 5.91 Å². The van der Waals surface area contributed by atoms with Crippen LogP contribution in [0.1, 0.15) is 18.9 Å². The van der Waals surface area contributed by atoms with Crippen LogP contribution in [0.4, 0.5) is 9.52 Å². The second-order valence-electron chi connectivity index (χ2n) is 6.41. The van der Waals surface area contributed by atoms with Crippen LogP contribution >= 0.6 is 11.3 Å². The molecule has 0 bridgehead atoms. The Kier molecular flexibility index (Phi) is 5.22. The zero-order valence-electron chi connectivity index (χ0n) is 15.8. The molecule has 0 unspecified atom stereocenters. The molecule has 0 saturated carbocycles. The van der Waals surface area contributed by atoms with Gasteiger partial charge in [0.2, 0.25) is 10.1 Å². The maximum absolute atomic E-state index is 13.9. The fraction of sp³-hybridized carbons (Fsp3) is 0.200. The Balaban J connectivity index is 1.54. The molecule has 0 aliphatic heterocycles. The Morgan fingerprint density at radius 2 is 2.03 bits per heavy atom. The summed E-state index contributed by atoms with van der Waals surface area (Å²) in [6.07, 6.45) is -0.156. The number of carbonyl (C=O) groups is 1. The summed E-state index contributed by atoms with van der Waals surface area (Å²) in [5.41, 5.74) is 1.10. The van der Waals surface area contributed by atoms with Crippen molar-refractivity contribution in [2.45, 2.75) is 26.4 Å².